The van der Waals surface area contributed by atoms with E-state index in [1.54, 1.807) is 6.07 Å². The van der Waals surface area contributed by atoms with Gasteiger partial charge in [0.2, 0.25) is 0 Å². The largest absolute Gasteiger partial charge is 0.399 e. The molecule has 2 N–H and O–H groups in total. The third-order valence-electron chi connectivity index (χ3n) is 1.13. The van der Waals surface area contributed by atoms with Crippen LogP contribution in [0.2, 0.25) is 0 Å². The maximum atomic E-state index is 10.2. The smallest absolute Gasteiger partial charge is 0.125 e. The SMILES string of the molecule is Nc1cc(Br)c(Br)c(N=O)c1. The van der Waals surface area contributed by atoms with Crippen molar-refractivity contribution in [3.05, 3.63) is 26.0 Å². The third-order valence-corrected chi connectivity index (χ3v) is 3.12. The minimum absolute atomic E-state index is 0.303. The molecule has 0 aliphatic rings. The Bertz CT molecular complexity index is 301. The number of nitroso groups, excluding NO2 is 1. The van der Waals surface area contributed by atoms with E-state index in [9.17, 15) is 4.91 Å². The first kappa shape index (κ1) is 8.67. The van der Waals surface area contributed by atoms with Crippen LogP contribution in [0.15, 0.2) is 26.3 Å². The summed E-state index contributed by atoms with van der Waals surface area (Å²) < 4.78 is 1.36. The van der Waals surface area contributed by atoms with Crippen LogP contribution in [-0.4, -0.2) is 0 Å². The molecule has 1 aromatic carbocycles. The van der Waals surface area contributed by atoms with E-state index in [1.807, 2.05) is 0 Å². The molecule has 1 aromatic rings. The average molecular weight is 280 g/mol. The summed E-state index contributed by atoms with van der Waals surface area (Å²) in [5, 5.41) is 2.78. The Morgan fingerprint density at radius 1 is 1.36 bits per heavy atom. The minimum atomic E-state index is 0.303. The van der Waals surface area contributed by atoms with E-state index in [0.717, 1.165) is 4.47 Å². The van der Waals surface area contributed by atoms with Crippen LogP contribution in [0.1, 0.15) is 0 Å². The monoisotopic (exact) mass is 278 g/mol. The Balaban J connectivity index is 3.35. The summed E-state index contributed by atoms with van der Waals surface area (Å²) in [6, 6.07) is 3.20. The van der Waals surface area contributed by atoms with Gasteiger partial charge < -0.3 is 5.73 Å². The Morgan fingerprint density at radius 2 is 2.00 bits per heavy atom. The number of halogens is 2. The summed E-state index contributed by atoms with van der Waals surface area (Å²) in [7, 11) is 0. The predicted molar refractivity (Wildman–Crippen MR) is 51.7 cm³/mol. The topological polar surface area (TPSA) is 55.4 Å². The molecule has 5 heteroatoms. The fraction of sp³-hybridized carbons (Fsp3) is 0. The second-order valence-corrected chi connectivity index (χ2v) is 3.57. The zero-order valence-corrected chi connectivity index (χ0v) is 8.52. The Labute approximate surface area is 80.2 Å². The molecule has 1 rings (SSSR count). The van der Waals surface area contributed by atoms with Gasteiger partial charge in [0.25, 0.3) is 0 Å². The van der Waals surface area contributed by atoms with Crippen LogP contribution in [0.5, 0.6) is 0 Å². The molecule has 0 amide bonds. The van der Waals surface area contributed by atoms with Crippen LogP contribution in [0.4, 0.5) is 11.4 Å². The van der Waals surface area contributed by atoms with Gasteiger partial charge in [0, 0.05) is 10.2 Å². The molecular formula is C6H4Br2N2O. The van der Waals surface area contributed by atoms with Crippen molar-refractivity contribution in [3.8, 4) is 0 Å². The van der Waals surface area contributed by atoms with Crippen molar-refractivity contribution in [2.75, 3.05) is 5.73 Å². The zero-order valence-electron chi connectivity index (χ0n) is 5.34. The molecule has 0 spiro atoms. The van der Waals surface area contributed by atoms with Crippen molar-refractivity contribution in [1.29, 1.82) is 0 Å². The molecule has 0 radical (unpaired) electrons. The Morgan fingerprint density at radius 3 is 2.55 bits per heavy atom. The van der Waals surface area contributed by atoms with Crippen molar-refractivity contribution < 1.29 is 0 Å². The number of nitrogens with two attached hydrogens (primary N) is 1. The van der Waals surface area contributed by atoms with E-state index in [2.05, 4.69) is 37.0 Å². The van der Waals surface area contributed by atoms with Gasteiger partial charge in [0.05, 0.1) is 4.47 Å². The molecule has 0 unspecified atom stereocenters. The summed E-state index contributed by atoms with van der Waals surface area (Å²) in [5.74, 6) is 0. The van der Waals surface area contributed by atoms with E-state index in [-0.39, 0.29) is 0 Å². The van der Waals surface area contributed by atoms with Gasteiger partial charge in [-0.05, 0) is 49.2 Å². The number of rotatable bonds is 1. The molecule has 0 saturated heterocycles. The van der Waals surface area contributed by atoms with E-state index >= 15 is 0 Å². The lowest BCUT2D eigenvalue weighted by Crippen LogP contribution is -1.84. The maximum absolute atomic E-state index is 10.2. The Kier molecular flexibility index (Phi) is 2.62. The molecule has 0 atom stereocenters. The van der Waals surface area contributed by atoms with E-state index in [4.69, 9.17) is 5.73 Å². The molecule has 3 nitrogen and oxygen atoms in total. The molecule has 0 saturated carbocycles. The summed E-state index contributed by atoms with van der Waals surface area (Å²) in [6.07, 6.45) is 0. The summed E-state index contributed by atoms with van der Waals surface area (Å²) in [4.78, 5) is 10.2. The van der Waals surface area contributed by atoms with Gasteiger partial charge in [-0.1, -0.05) is 0 Å². The number of benzene rings is 1. The summed E-state index contributed by atoms with van der Waals surface area (Å²) in [5.41, 5.74) is 6.27. The van der Waals surface area contributed by atoms with Crippen LogP contribution < -0.4 is 5.73 Å². The standard InChI is InChI=1S/C6H4Br2N2O/c7-4-1-3(9)2-5(10-11)6(4)8/h1-2H,9H2. The van der Waals surface area contributed by atoms with Crippen LogP contribution in [-0.2, 0) is 0 Å². The quantitative estimate of drug-likeness (QED) is 0.634. The summed E-state index contributed by atoms with van der Waals surface area (Å²) in [6.45, 7) is 0. The molecule has 0 aromatic heterocycles. The van der Waals surface area contributed by atoms with Gasteiger partial charge >= 0.3 is 0 Å². The molecule has 0 bridgehead atoms. The van der Waals surface area contributed by atoms with E-state index in [0.29, 0.717) is 15.8 Å². The normalized spacial score (nSPS) is 9.64. The van der Waals surface area contributed by atoms with Crippen LogP contribution >= 0.6 is 31.9 Å². The first-order valence-electron chi connectivity index (χ1n) is 2.73. The fourth-order valence-corrected chi connectivity index (χ4v) is 1.43. The second-order valence-electron chi connectivity index (χ2n) is 1.93. The highest BCUT2D eigenvalue weighted by molar-refractivity contribution is 9.13. The fourth-order valence-electron chi connectivity index (χ4n) is 0.661. The molecule has 0 aliphatic heterocycles. The highest BCUT2D eigenvalue weighted by atomic mass is 79.9. The third kappa shape index (κ3) is 1.78. The lowest BCUT2D eigenvalue weighted by molar-refractivity contribution is 1.45. The predicted octanol–water partition coefficient (Wildman–Crippen LogP) is 3.19. The summed E-state index contributed by atoms with van der Waals surface area (Å²) >= 11 is 6.39. The van der Waals surface area contributed by atoms with Crippen LogP contribution in [0, 0.1) is 4.91 Å². The van der Waals surface area contributed by atoms with Gasteiger partial charge in [-0.2, -0.15) is 0 Å². The van der Waals surface area contributed by atoms with Crippen LogP contribution in [0.3, 0.4) is 0 Å². The second kappa shape index (κ2) is 3.32. The number of hydrogen-bond acceptors (Lipinski definition) is 3. The lowest BCUT2D eigenvalue weighted by atomic mass is 10.3. The molecule has 58 valence electrons. The molecular weight excluding hydrogens is 276 g/mol. The Hall–Kier alpha value is -0.420. The highest BCUT2D eigenvalue weighted by Gasteiger charge is 2.04. The van der Waals surface area contributed by atoms with E-state index in [1.165, 1.54) is 6.07 Å². The van der Waals surface area contributed by atoms with Crippen molar-refractivity contribution in [2.24, 2.45) is 5.18 Å². The average Bonchev–Trinajstić information content (AvgIpc) is 1.96. The lowest BCUT2D eigenvalue weighted by Gasteiger charge is -1.99. The number of nitrogens with zero attached hydrogens (tertiary/aromatic N) is 1. The van der Waals surface area contributed by atoms with Gasteiger partial charge in [0.1, 0.15) is 5.69 Å². The molecule has 11 heavy (non-hydrogen) atoms. The minimum Gasteiger partial charge on any atom is -0.399 e. The first-order valence-corrected chi connectivity index (χ1v) is 4.31. The zero-order chi connectivity index (χ0) is 8.43. The maximum Gasteiger partial charge on any atom is 0.125 e. The first-order chi connectivity index (χ1) is 5.15. The van der Waals surface area contributed by atoms with Gasteiger partial charge in [0.15, 0.2) is 0 Å². The molecule has 0 heterocycles. The van der Waals surface area contributed by atoms with Crippen molar-refractivity contribution >= 4 is 43.2 Å². The van der Waals surface area contributed by atoms with Crippen molar-refractivity contribution in [1.82, 2.24) is 0 Å². The number of nitrogen functional groups attached to an aromatic ring is 1. The van der Waals surface area contributed by atoms with E-state index < -0.39 is 0 Å². The molecule has 0 aliphatic carbocycles. The van der Waals surface area contributed by atoms with Crippen molar-refractivity contribution in [2.45, 2.75) is 0 Å². The molecule has 0 fully saturated rings. The van der Waals surface area contributed by atoms with Gasteiger partial charge in [-0.15, -0.1) is 4.91 Å². The van der Waals surface area contributed by atoms with Gasteiger partial charge in [-0.3, -0.25) is 0 Å². The van der Waals surface area contributed by atoms with Gasteiger partial charge in [-0.25, -0.2) is 0 Å². The van der Waals surface area contributed by atoms with Crippen LogP contribution in [0.25, 0.3) is 0 Å². The van der Waals surface area contributed by atoms with Crippen molar-refractivity contribution in [3.63, 3.8) is 0 Å². The number of hydrogen-bond donors (Lipinski definition) is 1. The number of anilines is 1. The highest BCUT2D eigenvalue weighted by Crippen LogP contribution is 2.34.